The minimum Gasteiger partial charge on any atom is -0.380 e. The van der Waals surface area contributed by atoms with Crippen molar-refractivity contribution in [1.82, 2.24) is 9.80 Å². The van der Waals surface area contributed by atoms with Gasteiger partial charge in [0.1, 0.15) is 0 Å². The number of likely N-dealkylation sites (tertiary alicyclic amines) is 2. The highest BCUT2D eigenvalue weighted by Gasteiger charge is 2.35. The molecule has 2 saturated heterocycles. The van der Waals surface area contributed by atoms with E-state index >= 15 is 0 Å². The normalized spacial score (nSPS) is 32.5. The van der Waals surface area contributed by atoms with Gasteiger partial charge in [0.2, 0.25) is 0 Å². The summed E-state index contributed by atoms with van der Waals surface area (Å²) < 4.78 is 5.71. The highest BCUT2D eigenvalue weighted by molar-refractivity contribution is 4.89. The molecule has 2 rings (SSSR count). The van der Waals surface area contributed by atoms with Gasteiger partial charge >= 0.3 is 0 Å². The quantitative estimate of drug-likeness (QED) is 0.748. The molecule has 3 heteroatoms. The van der Waals surface area contributed by atoms with Crippen LogP contribution in [0.15, 0.2) is 0 Å². The number of nitrogens with zero attached hydrogens (tertiary/aromatic N) is 2. The lowest BCUT2D eigenvalue weighted by Gasteiger charge is -2.28. The highest BCUT2D eigenvalue weighted by atomic mass is 16.5. The SMILES string of the molecule is CO[C@H]1CN(C(C)C)CC1CC(C)N1CCCC1. The Morgan fingerprint density at radius 1 is 1.06 bits per heavy atom. The average Bonchev–Trinajstić information content (AvgIpc) is 2.97. The Morgan fingerprint density at radius 3 is 2.28 bits per heavy atom. The molecule has 0 aliphatic carbocycles. The molecule has 18 heavy (non-hydrogen) atoms. The third-order valence-electron chi connectivity index (χ3n) is 4.85. The molecule has 0 radical (unpaired) electrons. The lowest BCUT2D eigenvalue weighted by atomic mass is 9.97. The van der Waals surface area contributed by atoms with Crippen LogP contribution in [0.1, 0.15) is 40.0 Å². The van der Waals surface area contributed by atoms with Crippen LogP contribution in [0.25, 0.3) is 0 Å². The van der Waals surface area contributed by atoms with Gasteiger partial charge in [-0.05, 0) is 53.1 Å². The van der Waals surface area contributed by atoms with Crippen molar-refractivity contribution in [2.75, 3.05) is 33.3 Å². The monoisotopic (exact) mass is 254 g/mol. The van der Waals surface area contributed by atoms with Gasteiger partial charge in [-0.3, -0.25) is 4.90 Å². The summed E-state index contributed by atoms with van der Waals surface area (Å²) in [7, 11) is 1.88. The second-order valence-corrected chi connectivity index (χ2v) is 6.41. The molecule has 3 nitrogen and oxygen atoms in total. The third kappa shape index (κ3) is 3.25. The van der Waals surface area contributed by atoms with E-state index in [4.69, 9.17) is 4.74 Å². The first-order chi connectivity index (χ1) is 8.61. The zero-order valence-electron chi connectivity index (χ0n) is 12.6. The van der Waals surface area contributed by atoms with Gasteiger partial charge in [-0.2, -0.15) is 0 Å². The lowest BCUT2D eigenvalue weighted by molar-refractivity contribution is 0.0648. The molecule has 0 aromatic heterocycles. The standard InChI is InChI=1S/C15H30N2O/c1-12(2)17-10-14(15(11-17)18-4)9-13(3)16-7-5-6-8-16/h12-15H,5-11H2,1-4H3/t13?,14?,15-/m0/s1. The fraction of sp³-hybridized carbons (Fsp3) is 1.00. The van der Waals surface area contributed by atoms with Crippen LogP contribution in [0, 0.1) is 5.92 Å². The summed E-state index contributed by atoms with van der Waals surface area (Å²) in [6.07, 6.45) is 4.51. The molecule has 0 amide bonds. The third-order valence-corrected chi connectivity index (χ3v) is 4.85. The lowest BCUT2D eigenvalue weighted by Crippen LogP contribution is -2.34. The van der Waals surface area contributed by atoms with Gasteiger partial charge in [-0.1, -0.05) is 0 Å². The zero-order valence-corrected chi connectivity index (χ0v) is 12.6. The Morgan fingerprint density at radius 2 is 1.72 bits per heavy atom. The number of hydrogen-bond donors (Lipinski definition) is 0. The van der Waals surface area contributed by atoms with Crippen LogP contribution >= 0.6 is 0 Å². The Balaban J connectivity index is 1.86. The van der Waals surface area contributed by atoms with Crippen molar-refractivity contribution in [1.29, 1.82) is 0 Å². The minimum absolute atomic E-state index is 0.442. The van der Waals surface area contributed by atoms with Crippen LogP contribution in [-0.4, -0.2) is 61.3 Å². The van der Waals surface area contributed by atoms with Crippen LogP contribution < -0.4 is 0 Å². The van der Waals surface area contributed by atoms with Gasteiger partial charge in [-0.15, -0.1) is 0 Å². The maximum atomic E-state index is 5.71. The van der Waals surface area contributed by atoms with Crippen molar-refractivity contribution < 1.29 is 4.74 Å². The topological polar surface area (TPSA) is 15.7 Å². The van der Waals surface area contributed by atoms with Crippen molar-refractivity contribution in [2.45, 2.75) is 58.2 Å². The molecule has 3 atom stereocenters. The van der Waals surface area contributed by atoms with E-state index in [2.05, 4.69) is 30.6 Å². The first-order valence-corrected chi connectivity index (χ1v) is 7.62. The van der Waals surface area contributed by atoms with Gasteiger partial charge in [-0.25, -0.2) is 0 Å². The van der Waals surface area contributed by atoms with Crippen LogP contribution in [0.2, 0.25) is 0 Å². The van der Waals surface area contributed by atoms with E-state index in [0.717, 1.165) is 12.6 Å². The Labute approximate surface area is 112 Å². The molecule has 2 unspecified atom stereocenters. The maximum absolute atomic E-state index is 5.71. The maximum Gasteiger partial charge on any atom is 0.0739 e. The van der Waals surface area contributed by atoms with E-state index in [0.29, 0.717) is 18.1 Å². The van der Waals surface area contributed by atoms with Crippen molar-refractivity contribution in [3.05, 3.63) is 0 Å². The van der Waals surface area contributed by atoms with Crippen LogP contribution in [0.5, 0.6) is 0 Å². The molecule has 0 spiro atoms. The largest absolute Gasteiger partial charge is 0.380 e. The zero-order chi connectivity index (χ0) is 13.1. The van der Waals surface area contributed by atoms with Crippen LogP contribution in [0.3, 0.4) is 0 Å². The van der Waals surface area contributed by atoms with Crippen LogP contribution in [0.4, 0.5) is 0 Å². The molecule has 0 aromatic carbocycles. The predicted molar refractivity (Wildman–Crippen MR) is 75.9 cm³/mol. The predicted octanol–water partition coefficient (Wildman–Crippen LogP) is 2.22. The molecular formula is C15H30N2O. The van der Waals surface area contributed by atoms with Gasteiger partial charge in [0.05, 0.1) is 6.10 Å². The van der Waals surface area contributed by atoms with Gasteiger partial charge in [0.25, 0.3) is 0 Å². The van der Waals surface area contributed by atoms with E-state index < -0.39 is 0 Å². The van der Waals surface area contributed by atoms with Gasteiger partial charge < -0.3 is 9.64 Å². The summed E-state index contributed by atoms with van der Waals surface area (Å²) >= 11 is 0. The molecule has 0 saturated carbocycles. The summed E-state index contributed by atoms with van der Waals surface area (Å²) in [6.45, 7) is 11.9. The van der Waals surface area contributed by atoms with Crippen molar-refractivity contribution in [3.8, 4) is 0 Å². The summed E-state index contributed by atoms with van der Waals surface area (Å²) in [5, 5.41) is 0. The van der Waals surface area contributed by atoms with Crippen LogP contribution in [-0.2, 0) is 4.74 Å². The Bertz CT molecular complexity index is 251. The number of ether oxygens (including phenoxy) is 1. The molecule has 2 fully saturated rings. The molecule has 0 bridgehead atoms. The second kappa shape index (κ2) is 6.36. The summed E-state index contributed by atoms with van der Waals surface area (Å²) in [6, 6.07) is 1.37. The van der Waals surface area contributed by atoms with Gasteiger partial charge in [0, 0.05) is 38.2 Å². The summed E-state index contributed by atoms with van der Waals surface area (Å²) in [4.78, 5) is 5.22. The summed E-state index contributed by atoms with van der Waals surface area (Å²) in [5.41, 5.74) is 0. The molecule has 106 valence electrons. The van der Waals surface area contributed by atoms with Crippen molar-refractivity contribution in [3.63, 3.8) is 0 Å². The molecule has 2 heterocycles. The van der Waals surface area contributed by atoms with E-state index in [1.54, 1.807) is 0 Å². The van der Waals surface area contributed by atoms with E-state index in [9.17, 15) is 0 Å². The second-order valence-electron chi connectivity index (χ2n) is 6.41. The number of hydrogen-bond acceptors (Lipinski definition) is 3. The molecular weight excluding hydrogens is 224 g/mol. The first-order valence-electron chi connectivity index (χ1n) is 7.62. The van der Waals surface area contributed by atoms with Crippen molar-refractivity contribution >= 4 is 0 Å². The van der Waals surface area contributed by atoms with E-state index in [1.165, 1.54) is 38.9 Å². The van der Waals surface area contributed by atoms with Gasteiger partial charge in [0.15, 0.2) is 0 Å². The van der Waals surface area contributed by atoms with Crippen molar-refractivity contribution in [2.24, 2.45) is 5.92 Å². The first kappa shape index (κ1) is 14.3. The fourth-order valence-electron chi connectivity index (χ4n) is 3.56. The number of rotatable bonds is 5. The van der Waals surface area contributed by atoms with E-state index in [-0.39, 0.29) is 0 Å². The highest BCUT2D eigenvalue weighted by Crippen LogP contribution is 2.27. The van der Waals surface area contributed by atoms with E-state index in [1.807, 2.05) is 7.11 Å². The summed E-state index contributed by atoms with van der Waals surface area (Å²) in [5.74, 6) is 0.716. The molecule has 2 aliphatic heterocycles. The average molecular weight is 254 g/mol. The molecule has 0 N–H and O–H groups in total. The Kier molecular flexibility index (Phi) is 5.05. The molecule has 2 aliphatic rings. The molecule has 0 aromatic rings. The smallest absolute Gasteiger partial charge is 0.0739 e. The minimum atomic E-state index is 0.442. The Hall–Kier alpha value is -0.120. The number of methoxy groups -OCH3 is 1. The fourth-order valence-corrected chi connectivity index (χ4v) is 3.56.